The fourth-order valence-corrected chi connectivity index (χ4v) is 3.33. The molecule has 1 aromatic rings. The Hall–Kier alpha value is -2.34. The van der Waals surface area contributed by atoms with E-state index in [1.807, 2.05) is 30.3 Å². The lowest BCUT2D eigenvalue weighted by Crippen LogP contribution is -2.50. The Bertz CT molecular complexity index is 669. The molecule has 2 heterocycles. The Morgan fingerprint density at radius 3 is 2.71 bits per heavy atom. The molecule has 0 N–H and O–H groups in total. The number of fused-ring (bicyclic) bond motifs is 1. The van der Waals surface area contributed by atoms with Gasteiger partial charge >= 0.3 is 11.9 Å². The Kier molecular flexibility index (Phi) is 4.57. The predicted molar refractivity (Wildman–Crippen MR) is 85.3 cm³/mol. The van der Waals surface area contributed by atoms with Crippen molar-refractivity contribution in [2.24, 2.45) is 0 Å². The molecular formula is C18H21NO5. The minimum absolute atomic E-state index is 0.157. The van der Waals surface area contributed by atoms with E-state index in [2.05, 4.69) is 0 Å². The molecule has 0 bridgehead atoms. The van der Waals surface area contributed by atoms with Crippen molar-refractivity contribution in [2.75, 3.05) is 13.2 Å². The third kappa shape index (κ3) is 2.67. The lowest BCUT2D eigenvalue weighted by atomic mass is 9.87. The Labute approximate surface area is 140 Å². The summed E-state index contributed by atoms with van der Waals surface area (Å²) in [5.41, 5.74) is -0.0329. The molecule has 6 nitrogen and oxygen atoms in total. The zero-order valence-electron chi connectivity index (χ0n) is 13.9. The van der Waals surface area contributed by atoms with Crippen molar-refractivity contribution in [3.05, 3.63) is 47.2 Å². The highest BCUT2D eigenvalue weighted by Gasteiger charge is 2.61. The van der Waals surface area contributed by atoms with Crippen LogP contribution in [0.4, 0.5) is 0 Å². The van der Waals surface area contributed by atoms with E-state index < -0.39 is 17.5 Å². The Morgan fingerprint density at radius 2 is 2.00 bits per heavy atom. The minimum atomic E-state index is -1.19. The molecule has 1 saturated heterocycles. The molecule has 24 heavy (non-hydrogen) atoms. The minimum Gasteiger partial charge on any atom is -0.462 e. The van der Waals surface area contributed by atoms with Gasteiger partial charge in [0.15, 0.2) is 5.54 Å². The van der Waals surface area contributed by atoms with Crippen molar-refractivity contribution >= 4 is 11.9 Å². The molecule has 0 spiro atoms. The molecule has 1 fully saturated rings. The summed E-state index contributed by atoms with van der Waals surface area (Å²) in [6.07, 6.45) is 1.22. The number of hydrogen-bond acceptors (Lipinski definition) is 6. The van der Waals surface area contributed by atoms with Crippen LogP contribution in [0.15, 0.2) is 41.7 Å². The van der Waals surface area contributed by atoms with Crippen LogP contribution in [0.2, 0.25) is 0 Å². The number of ether oxygens (including phenoxy) is 2. The van der Waals surface area contributed by atoms with E-state index in [0.717, 1.165) is 12.0 Å². The number of rotatable bonds is 5. The van der Waals surface area contributed by atoms with Crippen LogP contribution >= 0.6 is 0 Å². The van der Waals surface area contributed by atoms with Crippen LogP contribution in [0.5, 0.6) is 0 Å². The molecule has 0 aromatic heterocycles. The highest BCUT2D eigenvalue weighted by Crippen LogP contribution is 2.45. The van der Waals surface area contributed by atoms with Crippen molar-refractivity contribution in [3.8, 4) is 0 Å². The van der Waals surface area contributed by atoms with E-state index in [9.17, 15) is 9.59 Å². The van der Waals surface area contributed by atoms with Crippen molar-refractivity contribution < 1.29 is 23.9 Å². The van der Waals surface area contributed by atoms with Gasteiger partial charge in [-0.15, -0.1) is 5.06 Å². The van der Waals surface area contributed by atoms with Crippen molar-refractivity contribution in [1.29, 1.82) is 0 Å². The topological polar surface area (TPSA) is 65.1 Å². The van der Waals surface area contributed by atoms with Gasteiger partial charge < -0.3 is 14.3 Å². The lowest BCUT2D eigenvalue weighted by molar-refractivity contribution is -0.180. The third-order valence-electron chi connectivity index (χ3n) is 4.37. The van der Waals surface area contributed by atoms with Crippen molar-refractivity contribution in [3.63, 3.8) is 0 Å². The van der Waals surface area contributed by atoms with E-state index >= 15 is 0 Å². The number of hydrogen-bond donors (Lipinski definition) is 0. The van der Waals surface area contributed by atoms with Gasteiger partial charge in [0, 0.05) is 6.54 Å². The van der Waals surface area contributed by atoms with Gasteiger partial charge in [-0.2, -0.15) is 0 Å². The molecule has 3 rings (SSSR count). The normalized spacial score (nSPS) is 22.9. The summed E-state index contributed by atoms with van der Waals surface area (Å²) < 4.78 is 10.7. The molecule has 6 heteroatoms. The van der Waals surface area contributed by atoms with Crippen LogP contribution in [-0.4, -0.2) is 35.7 Å². The van der Waals surface area contributed by atoms with Gasteiger partial charge in [-0.3, -0.25) is 0 Å². The standard InChI is InChI=1S/C18H21NO5/c1-3-22-16(20)15-13(2)24-19-11-7-10-18(15,19)17(21)23-12-14-8-5-4-6-9-14/h4-6,8-9H,3,7,10-12H2,1-2H3. The van der Waals surface area contributed by atoms with Crippen LogP contribution in [0.1, 0.15) is 32.3 Å². The Balaban J connectivity index is 1.84. The molecule has 1 atom stereocenters. The summed E-state index contributed by atoms with van der Waals surface area (Å²) in [6.45, 7) is 4.38. The zero-order chi connectivity index (χ0) is 17.2. The number of nitrogens with zero attached hydrogens (tertiary/aromatic N) is 1. The first-order valence-electron chi connectivity index (χ1n) is 8.15. The van der Waals surface area contributed by atoms with Crippen LogP contribution in [0.3, 0.4) is 0 Å². The highest BCUT2D eigenvalue weighted by molar-refractivity contribution is 6.02. The van der Waals surface area contributed by atoms with Crippen molar-refractivity contribution in [1.82, 2.24) is 5.06 Å². The van der Waals surface area contributed by atoms with Crippen molar-refractivity contribution in [2.45, 2.75) is 38.8 Å². The second-order valence-corrected chi connectivity index (χ2v) is 5.87. The van der Waals surface area contributed by atoms with Gasteiger partial charge in [-0.1, -0.05) is 30.3 Å². The maximum atomic E-state index is 12.9. The average molecular weight is 331 g/mol. The van der Waals surface area contributed by atoms with Crippen LogP contribution < -0.4 is 0 Å². The highest BCUT2D eigenvalue weighted by atomic mass is 16.7. The quantitative estimate of drug-likeness (QED) is 0.772. The summed E-state index contributed by atoms with van der Waals surface area (Å²) in [5, 5.41) is 1.56. The SMILES string of the molecule is CCOC(=O)C1=C(C)ON2CCCC12C(=O)OCc1ccccc1. The molecule has 0 amide bonds. The van der Waals surface area contributed by atoms with Gasteiger partial charge in [0.2, 0.25) is 0 Å². The first-order chi connectivity index (χ1) is 11.6. The largest absolute Gasteiger partial charge is 0.462 e. The van der Waals surface area contributed by atoms with E-state index in [4.69, 9.17) is 14.3 Å². The molecular weight excluding hydrogens is 310 g/mol. The van der Waals surface area contributed by atoms with Gasteiger partial charge in [0.25, 0.3) is 0 Å². The molecule has 0 saturated carbocycles. The van der Waals surface area contributed by atoms with Gasteiger partial charge in [-0.25, -0.2) is 9.59 Å². The summed E-state index contributed by atoms with van der Waals surface area (Å²) in [7, 11) is 0. The predicted octanol–water partition coefficient (Wildman–Crippen LogP) is 2.35. The number of carbonyl (C=O) groups is 2. The van der Waals surface area contributed by atoms with Gasteiger partial charge in [0.1, 0.15) is 17.9 Å². The smallest absolute Gasteiger partial charge is 0.340 e. The number of esters is 2. The first-order valence-corrected chi connectivity index (χ1v) is 8.15. The lowest BCUT2D eigenvalue weighted by Gasteiger charge is -2.28. The Morgan fingerprint density at radius 1 is 1.25 bits per heavy atom. The molecule has 0 aliphatic carbocycles. The first kappa shape index (κ1) is 16.5. The fourth-order valence-electron chi connectivity index (χ4n) is 3.33. The van der Waals surface area contributed by atoms with Gasteiger partial charge in [-0.05, 0) is 32.3 Å². The maximum absolute atomic E-state index is 12.9. The number of hydroxylamine groups is 2. The number of carbonyl (C=O) groups excluding carboxylic acids is 2. The molecule has 0 radical (unpaired) electrons. The second kappa shape index (κ2) is 6.65. The van der Waals surface area contributed by atoms with Crippen LogP contribution in [0.25, 0.3) is 0 Å². The summed E-state index contributed by atoms with van der Waals surface area (Å²) in [6, 6.07) is 9.44. The maximum Gasteiger partial charge on any atom is 0.340 e. The molecule has 1 unspecified atom stereocenters. The molecule has 2 aliphatic heterocycles. The van der Waals surface area contributed by atoms with E-state index in [1.165, 1.54) is 0 Å². The molecule has 1 aromatic carbocycles. The monoisotopic (exact) mass is 331 g/mol. The molecule has 128 valence electrons. The zero-order valence-corrected chi connectivity index (χ0v) is 13.9. The van der Waals surface area contributed by atoms with Crippen LogP contribution in [-0.2, 0) is 30.5 Å². The average Bonchev–Trinajstić information content (AvgIpc) is 3.09. The summed E-state index contributed by atoms with van der Waals surface area (Å²) >= 11 is 0. The summed E-state index contributed by atoms with van der Waals surface area (Å²) in [4.78, 5) is 30.9. The second-order valence-electron chi connectivity index (χ2n) is 5.87. The van der Waals surface area contributed by atoms with E-state index in [-0.39, 0.29) is 18.8 Å². The van der Waals surface area contributed by atoms with E-state index in [0.29, 0.717) is 18.7 Å². The van der Waals surface area contributed by atoms with Gasteiger partial charge in [0.05, 0.1) is 6.61 Å². The molecule has 2 aliphatic rings. The number of benzene rings is 1. The number of allylic oxidation sites excluding steroid dienone is 1. The van der Waals surface area contributed by atoms with Crippen LogP contribution in [0, 0.1) is 0 Å². The third-order valence-corrected chi connectivity index (χ3v) is 4.37. The van der Waals surface area contributed by atoms with E-state index in [1.54, 1.807) is 18.9 Å². The summed E-state index contributed by atoms with van der Waals surface area (Å²) in [5.74, 6) is -0.579. The fraction of sp³-hybridized carbons (Fsp3) is 0.444.